The summed E-state index contributed by atoms with van der Waals surface area (Å²) in [5.74, 6) is 0. The van der Waals surface area contributed by atoms with Gasteiger partial charge in [-0.1, -0.05) is 0 Å². The number of aromatic amines is 1. The van der Waals surface area contributed by atoms with E-state index in [2.05, 4.69) is 38.9 Å². The molecule has 0 saturated heterocycles. The minimum atomic E-state index is 0.431. The van der Waals surface area contributed by atoms with Crippen LogP contribution in [-0.2, 0) is 6.54 Å². The van der Waals surface area contributed by atoms with Crippen LogP contribution in [0.3, 0.4) is 0 Å². The summed E-state index contributed by atoms with van der Waals surface area (Å²) in [5, 5.41) is 10.5. The fourth-order valence-electron chi connectivity index (χ4n) is 1.92. The molecule has 0 saturated carbocycles. The number of aromatic nitrogens is 4. The third-order valence-corrected chi connectivity index (χ3v) is 2.88. The minimum Gasteiger partial charge on any atom is -0.376 e. The van der Waals surface area contributed by atoms with E-state index in [1.54, 1.807) is 0 Å². The van der Waals surface area contributed by atoms with Gasteiger partial charge in [-0.15, -0.1) is 0 Å². The molecule has 2 N–H and O–H groups in total. The maximum atomic E-state index is 4.19. The highest BCUT2D eigenvalue weighted by atomic mass is 15.2. The normalized spacial score (nSPS) is 11.1. The van der Waals surface area contributed by atoms with Crippen LogP contribution < -0.4 is 5.32 Å². The molecule has 0 aliphatic rings. The summed E-state index contributed by atoms with van der Waals surface area (Å²) in [4.78, 5) is 4.19. The summed E-state index contributed by atoms with van der Waals surface area (Å²) in [6, 6.07) is 0.431. The zero-order valence-electron chi connectivity index (χ0n) is 10.8. The van der Waals surface area contributed by atoms with Gasteiger partial charge in [-0.05, 0) is 27.7 Å². The van der Waals surface area contributed by atoms with Crippen LogP contribution >= 0.6 is 0 Å². The predicted octanol–water partition coefficient (Wildman–Crippen LogP) is 2.42. The van der Waals surface area contributed by atoms with Crippen LogP contribution in [0.4, 0.5) is 5.69 Å². The maximum Gasteiger partial charge on any atom is 0.0951 e. The molecule has 0 radical (unpaired) electrons. The van der Waals surface area contributed by atoms with E-state index in [4.69, 9.17) is 0 Å². The van der Waals surface area contributed by atoms with Gasteiger partial charge in [0.2, 0.25) is 0 Å². The van der Waals surface area contributed by atoms with Crippen LogP contribution in [-0.4, -0.2) is 19.7 Å². The van der Waals surface area contributed by atoms with Gasteiger partial charge in [-0.25, -0.2) is 4.98 Å². The Kier molecular flexibility index (Phi) is 3.17. The predicted molar refractivity (Wildman–Crippen MR) is 68.0 cm³/mol. The quantitative estimate of drug-likeness (QED) is 0.852. The Labute approximate surface area is 101 Å². The number of H-pyrrole nitrogens is 1. The van der Waals surface area contributed by atoms with Gasteiger partial charge < -0.3 is 9.88 Å². The Balaban J connectivity index is 2.10. The summed E-state index contributed by atoms with van der Waals surface area (Å²) in [5.41, 5.74) is 4.33. The van der Waals surface area contributed by atoms with Crippen LogP contribution in [0.1, 0.15) is 37.0 Å². The number of hydrogen-bond donors (Lipinski definition) is 2. The number of nitrogens with zero attached hydrogens (tertiary/aromatic N) is 3. The van der Waals surface area contributed by atoms with Gasteiger partial charge in [-0.2, -0.15) is 5.10 Å². The van der Waals surface area contributed by atoms with Crippen molar-refractivity contribution in [3.63, 3.8) is 0 Å². The Morgan fingerprint density at radius 2 is 2.18 bits per heavy atom. The van der Waals surface area contributed by atoms with E-state index in [0.29, 0.717) is 6.04 Å². The Morgan fingerprint density at radius 1 is 1.41 bits per heavy atom. The second-order valence-corrected chi connectivity index (χ2v) is 4.55. The molecule has 2 aromatic rings. The molecular formula is C12H19N5. The van der Waals surface area contributed by atoms with Crippen molar-refractivity contribution in [1.29, 1.82) is 0 Å². The molecule has 0 aliphatic heterocycles. The molecule has 0 fully saturated rings. The molecule has 5 heteroatoms. The molecule has 0 unspecified atom stereocenters. The fourth-order valence-corrected chi connectivity index (χ4v) is 1.92. The van der Waals surface area contributed by atoms with Gasteiger partial charge >= 0.3 is 0 Å². The lowest BCUT2D eigenvalue weighted by Gasteiger charge is -2.12. The lowest BCUT2D eigenvalue weighted by molar-refractivity contribution is 0.577. The molecule has 5 nitrogen and oxygen atoms in total. The van der Waals surface area contributed by atoms with E-state index in [0.717, 1.165) is 23.6 Å². The standard InChI is InChI=1S/C12H19N5/c1-8(2)17-7-13-5-11(17)6-14-12-9(3)15-16-10(12)4/h5,7-8,14H,6H2,1-4H3,(H,15,16). The van der Waals surface area contributed by atoms with Crippen molar-refractivity contribution in [2.45, 2.75) is 40.3 Å². The number of nitrogens with one attached hydrogen (secondary N) is 2. The van der Waals surface area contributed by atoms with Crippen molar-refractivity contribution < 1.29 is 0 Å². The van der Waals surface area contributed by atoms with Crippen molar-refractivity contribution in [2.24, 2.45) is 0 Å². The zero-order chi connectivity index (χ0) is 12.4. The van der Waals surface area contributed by atoms with Crippen LogP contribution in [0.25, 0.3) is 0 Å². The second kappa shape index (κ2) is 4.61. The first-order valence-electron chi connectivity index (χ1n) is 5.85. The molecule has 0 aromatic carbocycles. The molecule has 0 aliphatic carbocycles. The van der Waals surface area contributed by atoms with Crippen molar-refractivity contribution in [3.8, 4) is 0 Å². The average Bonchev–Trinajstić information content (AvgIpc) is 2.85. The Morgan fingerprint density at radius 3 is 2.76 bits per heavy atom. The smallest absolute Gasteiger partial charge is 0.0951 e. The number of aryl methyl sites for hydroxylation is 2. The van der Waals surface area contributed by atoms with E-state index in [9.17, 15) is 0 Å². The summed E-state index contributed by atoms with van der Waals surface area (Å²) >= 11 is 0. The number of imidazole rings is 1. The first-order chi connectivity index (χ1) is 8.09. The molecule has 17 heavy (non-hydrogen) atoms. The molecule has 2 aromatic heterocycles. The van der Waals surface area contributed by atoms with Crippen LogP contribution in [0.15, 0.2) is 12.5 Å². The lowest BCUT2D eigenvalue weighted by Crippen LogP contribution is -2.09. The Bertz CT molecular complexity index is 475. The summed E-state index contributed by atoms with van der Waals surface area (Å²) in [6.45, 7) is 9.08. The third-order valence-electron chi connectivity index (χ3n) is 2.88. The summed E-state index contributed by atoms with van der Waals surface area (Å²) in [6.07, 6.45) is 3.77. The van der Waals surface area contributed by atoms with Gasteiger partial charge in [0.1, 0.15) is 0 Å². The minimum absolute atomic E-state index is 0.431. The van der Waals surface area contributed by atoms with Gasteiger partial charge in [-0.3, -0.25) is 5.10 Å². The van der Waals surface area contributed by atoms with Crippen LogP contribution in [0.2, 0.25) is 0 Å². The molecule has 2 rings (SSSR count). The highest BCUT2D eigenvalue weighted by Gasteiger charge is 2.08. The van der Waals surface area contributed by atoms with E-state index >= 15 is 0 Å². The highest BCUT2D eigenvalue weighted by molar-refractivity contribution is 5.51. The number of rotatable bonds is 4. The lowest BCUT2D eigenvalue weighted by atomic mass is 10.3. The van der Waals surface area contributed by atoms with Gasteiger partial charge in [0, 0.05) is 12.2 Å². The van der Waals surface area contributed by atoms with E-state index in [1.807, 2.05) is 26.4 Å². The number of hydrogen-bond acceptors (Lipinski definition) is 3. The molecule has 0 amide bonds. The molecular weight excluding hydrogens is 214 g/mol. The monoisotopic (exact) mass is 233 g/mol. The molecule has 0 spiro atoms. The average molecular weight is 233 g/mol. The third kappa shape index (κ3) is 2.33. The second-order valence-electron chi connectivity index (χ2n) is 4.55. The van der Waals surface area contributed by atoms with Gasteiger partial charge in [0.25, 0.3) is 0 Å². The van der Waals surface area contributed by atoms with Crippen molar-refractivity contribution in [3.05, 3.63) is 29.6 Å². The molecule has 2 heterocycles. The van der Waals surface area contributed by atoms with E-state index < -0.39 is 0 Å². The number of anilines is 1. The summed E-state index contributed by atoms with van der Waals surface area (Å²) < 4.78 is 2.16. The summed E-state index contributed by atoms with van der Waals surface area (Å²) in [7, 11) is 0. The van der Waals surface area contributed by atoms with E-state index in [-0.39, 0.29) is 0 Å². The van der Waals surface area contributed by atoms with Gasteiger partial charge in [0.05, 0.1) is 35.6 Å². The Hall–Kier alpha value is -1.78. The molecule has 0 atom stereocenters. The highest BCUT2D eigenvalue weighted by Crippen LogP contribution is 2.18. The van der Waals surface area contributed by atoms with Crippen molar-refractivity contribution in [2.75, 3.05) is 5.32 Å². The van der Waals surface area contributed by atoms with Crippen molar-refractivity contribution in [1.82, 2.24) is 19.7 Å². The SMILES string of the molecule is Cc1n[nH]c(C)c1NCc1cncn1C(C)C. The maximum absolute atomic E-state index is 4.19. The first kappa shape index (κ1) is 11.7. The van der Waals surface area contributed by atoms with E-state index in [1.165, 1.54) is 5.69 Å². The first-order valence-corrected chi connectivity index (χ1v) is 5.85. The van der Waals surface area contributed by atoms with Gasteiger partial charge in [0.15, 0.2) is 0 Å². The van der Waals surface area contributed by atoms with Crippen molar-refractivity contribution >= 4 is 5.69 Å². The topological polar surface area (TPSA) is 58.5 Å². The zero-order valence-corrected chi connectivity index (χ0v) is 10.8. The van der Waals surface area contributed by atoms with Crippen LogP contribution in [0.5, 0.6) is 0 Å². The molecule has 0 bridgehead atoms. The largest absolute Gasteiger partial charge is 0.376 e. The molecule has 92 valence electrons. The fraction of sp³-hybridized carbons (Fsp3) is 0.500. The van der Waals surface area contributed by atoms with Crippen LogP contribution in [0, 0.1) is 13.8 Å².